The predicted molar refractivity (Wildman–Crippen MR) is 39.2 cm³/mol. The normalized spacial score (nSPS) is 63.7. The number of hydrogen-bond acceptors (Lipinski definition) is 0. The third-order valence-corrected chi connectivity index (χ3v) is 3.71. The van der Waals surface area contributed by atoms with Gasteiger partial charge in [-0.25, -0.2) is 0 Å². The molecular formula is C9H16. The van der Waals surface area contributed by atoms with E-state index < -0.39 is 0 Å². The molecule has 0 heterocycles. The van der Waals surface area contributed by atoms with E-state index in [1.165, 1.54) is 19.3 Å². The van der Waals surface area contributed by atoms with Gasteiger partial charge in [-0.2, -0.15) is 0 Å². The fourth-order valence-electron chi connectivity index (χ4n) is 3.06. The van der Waals surface area contributed by atoms with Crippen LogP contribution in [0.3, 0.4) is 0 Å². The molecule has 0 aliphatic heterocycles. The van der Waals surface area contributed by atoms with Crippen molar-refractivity contribution in [2.45, 2.75) is 40.0 Å². The van der Waals surface area contributed by atoms with Crippen LogP contribution in [0.2, 0.25) is 0 Å². The molecule has 52 valence electrons. The first kappa shape index (κ1) is 5.76. The summed E-state index contributed by atoms with van der Waals surface area (Å²) in [6.07, 6.45) is 4.48. The Morgan fingerprint density at radius 2 is 1.56 bits per heavy atom. The Labute approximate surface area is 57.6 Å². The minimum atomic E-state index is 0.770. The van der Waals surface area contributed by atoms with Crippen LogP contribution in [0.4, 0.5) is 0 Å². The largest absolute Gasteiger partial charge is 0.0625 e. The van der Waals surface area contributed by atoms with Crippen LogP contribution in [-0.4, -0.2) is 0 Å². The highest BCUT2D eigenvalue weighted by atomic mass is 14.7. The first-order chi connectivity index (χ1) is 4.06. The molecule has 2 rings (SSSR count). The van der Waals surface area contributed by atoms with Crippen LogP contribution in [0.5, 0.6) is 0 Å². The maximum absolute atomic E-state index is 2.45. The Kier molecular flexibility index (Phi) is 0.774. The van der Waals surface area contributed by atoms with E-state index in [4.69, 9.17) is 0 Å². The van der Waals surface area contributed by atoms with Gasteiger partial charge in [0.25, 0.3) is 0 Å². The van der Waals surface area contributed by atoms with Gasteiger partial charge in [-0.3, -0.25) is 0 Å². The molecule has 2 fully saturated rings. The molecule has 0 bridgehead atoms. The molecule has 0 spiro atoms. The van der Waals surface area contributed by atoms with Crippen LogP contribution in [0, 0.1) is 16.7 Å². The lowest BCUT2D eigenvalue weighted by molar-refractivity contribution is 0.457. The zero-order valence-corrected chi connectivity index (χ0v) is 6.70. The van der Waals surface area contributed by atoms with E-state index in [1.54, 1.807) is 0 Å². The quantitative estimate of drug-likeness (QED) is 0.466. The topological polar surface area (TPSA) is 0 Å². The van der Waals surface area contributed by atoms with Crippen molar-refractivity contribution in [1.82, 2.24) is 0 Å². The van der Waals surface area contributed by atoms with E-state index in [0.717, 1.165) is 16.7 Å². The van der Waals surface area contributed by atoms with Gasteiger partial charge in [0.2, 0.25) is 0 Å². The van der Waals surface area contributed by atoms with E-state index in [1.807, 2.05) is 0 Å². The summed E-state index contributed by atoms with van der Waals surface area (Å²) in [5.41, 5.74) is 1.54. The average molecular weight is 124 g/mol. The first-order valence-electron chi connectivity index (χ1n) is 4.06. The fraction of sp³-hybridized carbons (Fsp3) is 1.00. The molecule has 0 aromatic rings. The highest BCUT2D eigenvalue weighted by molar-refractivity contribution is 5.14. The van der Waals surface area contributed by atoms with E-state index in [-0.39, 0.29) is 0 Å². The monoisotopic (exact) mass is 124 g/mol. The summed E-state index contributed by atoms with van der Waals surface area (Å²) in [5, 5.41) is 0. The molecule has 9 heavy (non-hydrogen) atoms. The van der Waals surface area contributed by atoms with E-state index in [0.29, 0.717) is 0 Å². The number of hydrogen-bond donors (Lipinski definition) is 0. The number of fused-ring (bicyclic) bond motifs is 1. The van der Waals surface area contributed by atoms with Gasteiger partial charge < -0.3 is 0 Å². The zero-order chi connectivity index (χ0) is 6.70. The van der Waals surface area contributed by atoms with E-state index >= 15 is 0 Å². The molecule has 2 aliphatic rings. The summed E-state index contributed by atoms with van der Waals surface area (Å²) in [4.78, 5) is 0. The van der Waals surface area contributed by atoms with Crippen molar-refractivity contribution in [1.29, 1.82) is 0 Å². The molecule has 2 saturated carbocycles. The van der Waals surface area contributed by atoms with Crippen LogP contribution in [0.1, 0.15) is 40.0 Å². The Hall–Kier alpha value is 0. The molecular weight excluding hydrogens is 108 g/mol. The molecule has 0 heteroatoms. The van der Waals surface area contributed by atoms with Gasteiger partial charge in [0.05, 0.1) is 0 Å². The van der Waals surface area contributed by atoms with Crippen LogP contribution in [0.25, 0.3) is 0 Å². The molecule has 0 aromatic heterocycles. The lowest BCUT2D eigenvalue weighted by atomic mass is 10.0. The van der Waals surface area contributed by atoms with Crippen LogP contribution >= 0.6 is 0 Å². The maximum atomic E-state index is 2.45. The van der Waals surface area contributed by atoms with Crippen molar-refractivity contribution in [3.8, 4) is 0 Å². The van der Waals surface area contributed by atoms with Gasteiger partial charge in [-0.1, -0.05) is 20.8 Å². The van der Waals surface area contributed by atoms with Gasteiger partial charge in [-0.15, -0.1) is 0 Å². The standard InChI is InChI=1S/C9H16/c1-7-4-8(2)6-9(8,3)5-7/h7H,4-6H2,1-3H3/t7?,8-,9?/m0/s1. The molecule has 2 aliphatic carbocycles. The van der Waals surface area contributed by atoms with Crippen molar-refractivity contribution in [2.75, 3.05) is 0 Å². The van der Waals surface area contributed by atoms with Gasteiger partial charge in [0, 0.05) is 0 Å². The molecule has 0 aromatic carbocycles. The van der Waals surface area contributed by atoms with E-state index in [2.05, 4.69) is 20.8 Å². The summed E-state index contributed by atoms with van der Waals surface area (Å²) in [6, 6.07) is 0. The van der Waals surface area contributed by atoms with Crippen molar-refractivity contribution in [2.24, 2.45) is 16.7 Å². The second-order valence-corrected chi connectivity index (χ2v) is 4.81. The summed E-state index contributed by atoms with van der Waals surface area (Å²) in [5.74, 6) is 1.01. The molecule has 3 atom stereocenters. The minimum Gasteiger partial charge on any atom is -0.0625 e. The second kappa shape index (κ2) is 1.21. The molecule has 0 amide bonds. The summed E-state index contributed by atoms with van der Waals surface area (Å²) >= 11 is 0. The van der Waals surface area contributed by atoms with Crippen molar-refractivity contribution >= 4 is 0 Å². The van der Waals surface area contributed by atoms with Gasteiger partial charge in [0.15, 0.2) is 0 Å². The molecule has 0 N–H and O–H groups in total. The lowest BCUT2D eigenvalue weighted by Gasteiger charge is -2.04. The van der Waals surface area contributed by atoms with Crippen molar-refractivity contribution < 1.29 is 0 Å². The molecule has 0 saturated heterocycles. The highest BCUT2D eigenvalue weighted by Crippen LogP contribution is 2.74. The summed E-state index contributed by atoms with van der Waals surface area (Å²) in [6.45, 7) is 7.30. The van der Waals surface area contributed by atoms with Gasteiger partial charge in [0.1, 0.15) is 0 Å². The lowest BCUT2D eigenvalue weighted by Crippen LogP contribution is -1.95. The Balaban J connectivity index is 2.20. The van der Waals surface area contributed by atoms with Crippen molar-refractivity contribution in [3.63, 3.8) is 0 Å². The third kappa shape index (κ3) is 0.544. The minimum absolute atomic E-state index is 0.770. The predicted octanol–water partition coefficient (Wildman–Crippen LogP) is 2.83. The Morgan fingerprint density at radius 1 is 1.11 bits per heavy atom. The zero-order valence-electron chi connectivity index (χ0n) is 6.70. The first-order valence-corrected chi connectivity index (χ1v) is 4.06. The summed E-state index contributed by atoms with van der Waals surface area (Å²) in [7, 11) is 0. The fourth-order valence-corrected chi connectivity index (χ4v) is 3.06. The van der Waals surface area contributed by atoms with Crippen molar-refractivity contribution in [3.05, 3.63) is 0 Å². The average Bonchev–Trinajstić information content (AvgIpc) is 1.97. The second-order valence-electron chi connectivity index (χ2n) is 4.81. The maximum Gasteiger partial charge on any atom is -0.0264 e. The summed E-state index contributed by atoms with van der Waals surface area (Å²) < 4.78 is 0. The smallest absolute Gasteiger partial charge is 0.0264 e. The number of rotatable bonds is 0. The van der Waals surface area contributed by atoms with Gasteiger partial charge >= 0.3 is 0 Å². The highest BCUT2D eigenvalue weighted by Gasteiger charge is 2.64. The van der Waals surface area contributed by atoms with E-state index in [9.17, 15) is 0 Å². The molecule has 2 unspecified atom stereocenters. The third-order valence-electron chi connectivity index (χ3n) is 3.71. The Morgan fingerprint density at radius 3 is 1.78 bits per heavy atom. The van der Waals surface area contributed by atoms with Crippen LogP contribution in [0.15, 0.2) is 0 Å². The van der Waals surface area contributed by atoms with Crippen LogP contribution < -0.4 is 0 Å². The molecule has 0 radical (unpaired) electrons. The Bertz CT molecular complexity index is 134. The van der Waals surface area contributed by atoms with Crippen LogP contribution in [-0.2, 0) is 0 Å². The molecule has 0 nitrogen and oxygen atoms in total. The van der Waals surface area contributed by atoms with Gasteiger partial charge in [-0.05, 0) is 36.0 Å². The SMILES string of the molecule is CC1CC2(C)C[C@]2(C)C1.